The van der Waals surface area contributed by atoms with Gasteiger partial charge in [0.15, 0.2) is 0 Å². The predicted octanol–water partition coefficient (Wildman–Crippen LogP) is 2.99. The van der Waals surface area contributed by atoms with Crippen LogP contribution in [0.25, 0.3) is 10.9 Å². The first kappa shape index (κ1) is 14.9. The number of aliphatic hydroxyl groups is 1. The molecule has 0 amide bonds. The molecule has 2 aliphatic rings. The molecular weight excluding hydrogens is 288 g/mol. The fourth-order valence-electron chi connectivity index (χ4n) is 3.97. The highest BCUT2D eigenvalue weighted by Gasteiger charge is 2.33. The summed E-state index contributed by atoms with van der Waals surface area (Å²) < 4.78 is 6.07. The van der Waals surface area contributed by atoms with Crippen LogP contribution >= 0.6 is 0 Å². The Morgan fingerprint density at radius 2 is 2.00 bits per heavy atom. The van der Waals surface area contributed by atoms with Gasteiger partial charge in [-0.25, -0.2) is 0 Å². The number of piperidine rings is 1. The molecule has 0 unspecified atom stereocenters. The highest BCUT2D eigenvalue weighted by Crippen LogP contribution is 2.28. The van der Waals surface area contributed by atoms with Crippen molar-refractivity contribution in [3.05, 3.63) is 36.5 Å². The quantitative estimate of drug-likeness (QED) is 0.946. The number of nitrogens with zero attached hydrogens (tertiary/aromatic N) is 2. The minimum absolute atomic E-state index is 0.117. The molecule has 1 saturated carbocycles. The third-order valence-corrected chi connectivity index (χ3v) is 5.26. The zero-order chi connectivity index (χ0) is 15.6. The molecule has 2 atom stereocenters. The van der Waals surface area contributed by atoms with Gasteiger partial charge in [-0.1, -0.05) is 18.9 Å². The predicted molar refractivity (Wildman–Crippen MR) is 90.6 cm³/mol. The second kappa shape index (κ2) is 6.46. The smallest absolute Gasteiger partial charge is 0.127 e. The normalized spacial score (nSPS) is 26.7. The van der Waals surface area contributed by atoms with Gasteiger partial charge in [0.2, 0.25) is 0 Å². The summed E-state index contributed by atoms with van der Waals surface area (Å²) in [6, 6.07) is 10.6. The molecule has 122 valence electrons. The number of fused-ring (bicyclic) bond motifs is 1. The van der Waals surface area contributed by atoms with Crippen LogP contribution in [0.5, 0.6) is 5.75 Å². The summed E-state index contributed by atoms with van der Waals surface area (Å²) in [5, 5.41) is 11.6. The standard InChI is InChI=1S/C19H24N2O2/c22-18-13-21(15-5-1-2-6-15)11-9-19(18)23-16-8-7-14-4-3-10-20-17(14)12-16/h3-4,7-8,10,12,15,18-19,22H,1-2,5-6,9,11,13H2/t18-,19-/m1/s1. The molecule has 1 saturated heterocycles. The summed E-state index contributed by atoms with van der Waals surface area (Å²) in [5.41, 5.74) is 0.933. The van der Waals surface area contributed by atoms with E-state index in [1.54, 1.807) is 6.20 Å². The number of aliphatic hydroxyl groups excluding tert-OH is 1. The molecule has 2 fully saturated rings. The number of β-amino-alcohol motifs (C(OH)–C–C–N with tert-alkyl or cyclic N) is 1. The van der Waals surface area contributed by atoms with Crippen LogP contribution in [0.15, 0.2) is 36.5 Å². The van der Waals surface area contributed by atoms with Crippen molar-refractivity contribution in [2.24, 2.45) is 0 Å². The first-order valence-electron chi connectivity index (χ1n) is 8.73. The molecule has 4 rings (SSSR count). The number of hydrogen-bond acceptors (Lipinski definition) is 4. The van der Waals surface area contributed by atoms with Gasteiger partial charge in [0.25, 0.3) is 0 Å². The highest BCUT2D eigenvalue weighted by atomic mass is 16.5. The molecular formula is C19H24N2O2. The first-order chi connectivity index (χ1) is 11.3. The average Bonchev–Trinajstić information content (AvgIpc) is 3.11. The number of pyridine rings is 1. The molecule has 4 heteroatoms. The molecule has 23 heavy (non-hydrogen) atoms. The fraction of sp³-hybridized carbons (Fsp3) is 0.526. The molecule has 0 spiro atoms. The number of ether oxygens (including phenoxy) is 1. The van der Waals surface area contributed by atoms with Gasteiger partial charge in [-0.05, 0) is 37.5 Å². The van der Waals surface area contributed by atoms with Crippen molar-refractivity contribution in [1.29, 1.82) is 0 Å². The van der Waals surface area contributed by atoms with E-state index < -0.39 is 6.10 Å². The third kappa shape index (κ3) is 3.19. The van der Waals surface area contributed by atoms with E-state index in [1.165, 1.54) is 25.7 Å². The van der Waals surface area contributed by atoms with Crippen molar-refractivity contribution in [3.63, 3.8) is 0 Å². The molecule has 0 bridgehead atoms. The highest BCUT2D eigenvalue weighted by molar-refractivity contribution is 5.79. The van der Waals surface area contributed by atoms with E-state index in [-0.39, 0.29) is 6.10 Å². The van der Waals surface area contributed by atoms with Crippen LogP contribution < -0.4 is 4.74 Å². The summed E-state index contributed by atoms with van der Waals surface area (Å²) >= 11 is 0. The summed E-state index contributed by atoms with van der Waals surface area (Å²) in [4.78, 5) is 6.83. The number of hydrogen-bond donors (Lipinski definition) is 1. The van der Waals surface area contributed by atoms with Gasteiger partial charge >= 0.3 is 0 Å². The van der Waals surface area contributed by atoms with Gasteiger partial charge in [-0.15, -0.1) is 0 Å². The lowest BCUT2D eigenvalue weighted by atomic mass is 10.0. The van der Waals surface area contributed by atoms with Crippen molar-refractivity contribution < 1.29 is 9.84 Å². The number of likely N-dealkylation sites (tertiary alicyclic amines) is 1. The Bertz CT molecular complexity index is 669. The molecule has 0 radical (unpaired) electrons. The lowest BCUT2D eigenvalue weighted by Crippen LogP contribution is -2.51. The van der Waals surface area contributed by atoms with E-state index in [4.69, 9.17) is 4.74 Å². The van der Waals surface area contributed by atoms with Crippen LogP contribution in [-0.2, 0) is 0 Å². The average molecular weight is 312 g/mol. The van der Waals surface area contributed by atoms with Crippen LogP contribution in [0, 0.1) is 0 Å². The topological polar surface area (TPSA) is 45.6 Å². The first-order valence-corrected chi connectivity index (χ1v) is 8.73. The van der Waals surface area contributed by atoms with Gasteiger partial charge in [-0.3, -0.25) is 9.88 Å². The molecule has 1 aliphatic heterocycles. The molecule has 2 heterocycles. The molecule has 1 aliphatic carbocycles. The summed E-state index contributed by atoms with van der Waals surface area (Å²) in [6.07, 6.45) is 7.39. The van der Waals surface area contributed by atoms with Gasteiger partial charge in [0, 0.05) is 36.8 Å². The zero-order valence-electron chi connectivity index (χ0n) is 13.4. The number of rotatable bonds is 3. The van der Waals surface area contributed by atoms with Gasteiger partial charge in [0.05, 0.1) is 5.52 Å². The molecule has 1 aromatic carbocycles. The monoisotopic (exact) mass is 312 g/mol. The number of benzene rings is 1. The lowest BCUT2D eigenvalue weighted by Gasteiger charge is -2.39. The minimum atomic E-state index is -0.413. The fourth-order valence-corrected chi connectivity index (χ4v) is 3.97. The van der Waals surface area contributed by atoms with E-state index >= 15 is 0 Å². The van der Waals surface area contributed by atoms with E-state index in [2.05, 4.69) is 9.88 Å². The zero-order valence-corrected chi connectivity index (χ0v) is 13.4. The van der Waals surface area contributed by atoms with Crippen LogP contribution in [0.2, 0.25) is 0 Å². The Morgan fingerprint density at radius 3 is 2.83 bits per heavy atom. The Balaban J connectivity index is 1.42. The summed E-state index contributed by atoms with van der Waals surface area (Å²) in [7, 11) is 0. The van der Waals surface area contributed by atoms with E-state index in [1.807, 2.05) is 30.3 Å². The Labute approximate surface area is 137 Å². The van der Waals surface area contributed by atoms with Crippen molar-refractivity contribution in [2.45, 2.75) is 50.4 Å². The molecule has 2 aromatic rings. The SMILES string of the molecule is O[C@@H]1CN(C2CCCC2)CC[C@H]1Oc1ccc2cccnc2c1. The van der Waals surface area contributed by atoms with Gasteiger partial charge < -0.3 is 9.84 Å². The lowest BCUT2D eigenvalue weighted by molar-refractivity contribution is -0.0364. The summed E-state index contributed by atoms with van der Waals surface area (Å²) in [6.45, 7) is 1.76. The second-order valence-corrected chi connectivity index (χ2v) is 6.80. The van der Waals surface area contributed by atoms with Crippen LogP contribution in [0.1, 0.15) is 32.1 Å². The minimum Gasteiger partial charge on any atom is -0.488 e. The van der Waals surface area contributed by atoms with Crippen LogP contribution in [-0.4, -0.2) is 46.3 Å². The van der Waals surface area contributed by atoms with Crippen LogP contribution in [0.4, 0.5) is 0 Å². The van der Waals surface area contributed by atoms with E-state index in [0.29, 0.717) is 6.04 Å². The maximum Gasteiger partial charge on any atom is 0.127 e. The summed E-state index contributed by atoms with van der Waals surface area (Å²) in [5.74, 6) is 0.801. The van der Waals surface area contributed by atoms with Gasteiger partial charge in [0.1, 0.15) is 18.0 Å². The maximum absolute atomic E-state index is 10.5. The third-order valence-electron chi connectivity index (χ3n) is 5.26. The second-order valence-electron chi connectivity index (χ2n) is 6.80. The molecule has 4 nitrogen and oxygen atoms in total. The van der Waals surface area contributed by atoms with E-state index in [0.717, 1.165) is 36.2 Å². The maximum atomic E-state index is 10.5. The Hall–Kier alpha value is -1.65. The van der Waals surface area contributed by atoms with E-state index in [9.17, 15) is 5.11 Å². The van der Waals surface area contributed by atoms with Crippen LogP contribution in [0.3, 0.4) is 0 Å². The molecule has 1 N–H and O–H groups in total. The Kier molecular flexibility index (Phi) is 4.19. The van der Waals surface area contributed by atoms with Crippen molar-refractivity contribution >= 4 is 10.9 Å². The molecule has 1 aromatic heterocycles. The number of aromatic nitrogens is 1. The van der Waals surface area contributed by atoms with Crippen molar-refractivity contribution in [1.82, 2.24) is 9.88 Å². The largest absolute Gasteiger partial charge is 0.488 e. The van der Waals surface area contributed by atoms with Gasteiger partial charge in [-0.2, -0.15) is 0 Å². The van der Waals surface area contributed by atoms with Crippen molar-refractivity contribution in [2.75, 3.05) is 13.1 Å². The Morgan fingerprint density at radius 1 is 1.13 bits per heavy atom. The van der Waals surface area contributed by atoms with Crippen molar-refractivity contribution in [3.8, 4) is 5.75 Å².